The second-order valence-electron chi connectivity index (χ2n) is 5.05. The molecule has 1 aromatic heterocycles. The minimum Gasteiger partial charge on any atom is -0.351 e. The number of halogens is 2. The fraction of sp³-hybridized carbons (Fsp3) is 0.615. The molecule has 2 fully saturated rings. The Kier molecular flexibility index (Phi) is 2.95. The van der Waals surface area contributed by atoms with Crippen LogP contribution in [0.2, 0.25) is 5.02 Å². The number of fused-ring (bicyclic) bond motifs is 1. The third-order valence-corrected chi connectivity index (χ3v) is 4.28. The Morgan fingerprint density at radius 2 is 2.12 bits per heavy atom. The molecule has 0 spiro atoms. The summed E-state index contributed by atoms with van der Waals surface area (Å²) in [5, 5.41) is 0.366. The SMILES string of the molecule is Fc1cc(Cl)cnc1N1CCC2CCCCC21. The van der Waals surface area contributed by atoms with Crippen LogP contribution in [0.25, 0.3) is 0 Å². The number of hydrogen-bond donors (Lipinski definition) is 0. The van der Waals surface area contributed by atoms with Crippen molar-refractivity contribution in [3.8, 4) is 0 Å². The lowest BCUT2D eigenvalue weighted by molar-refractivity contribution is 0.340. The molecule has 4 heteroatoms. The largest absolute Gasteiger partial charge is 0.351 e. The van der Waals surface area contributed by atoms with E-state index >= 15 is 0 Å². The van der Waals surface area contributed by atoms with Crippen molar-refractivity contribution in [2.75, 3.05) is 11.4 Å². The summed E-state index contributed by atoms with van der Waals surface area (Å²) in [4.78, 5) is 6.32. The van der Waals surface area contributed by atoms with Crippen molar-refractivity contribution in [1.29, 1.82) is 0 Å². The van der Waals surface area contributed by atoms with Crippen LogP contribution in [0.1, 0.15) is 32.1 Å². The van der Waals surface area contributed by atoms with E-state index < -0.39 is 0 Å². The molecule has 1 aliphatic carbocycles. The van der Waals surface area contributed by atoms with E-state index in [0.717, 1.165) is 12.5 Å². The van der Waals surface area contributed by atoms with Crippen LogP contribution in [-0.2, 0) is 0 Å². The van der Waals surface area contributed by atoms with E-state index in [9.17, 15) is 4.39 Å². The summed E-state index contributed by atoms with van der Waals surface area (Å²) in [6, 6.07) is 1.85. The molecule has 0 N–H and O–H groups in total. The molecule has 2 unspecified atom stereocenters. The molecular formula is C13H16ClFN2. The fourth-order valence-electron chi connectivity index (χ4n) is 3.29. The minimum atomic E-state index is -0.288. The molecule has 92 valence electrons. The van der Waals surface area contributed by atoms with Crippen molar-refractivity contribution in [1.82, 2.24) is 4.98 Å². The zero-order valence-electron chi connectivity index (χ0n) is 9.70. The van der Waals surface area contributed by atoms with E-state index in [2.05, 4.69) is 9.88 Å². The maximum atomic E-state index is 13.9. The van der Waals surface area contributed by atoms with E-state index in [4.69, 9.17) is 11.6 Å². The Morgan fingerprint density at radius 3 is 2.94 bits per heavy atom. The lowest BCUT2D eigenvalue weighted by Crippen LogP contribution is -2.35. The quantitative estimate of drug-likeness (QED) is 0.761. The average Bonchev–Trinajstić information content (AvgIpc) is 2.73. The Morgan fingerprint density at radius 1 is 1.29 bits per heavy atom. The third kappa shape index (κ3) is 2.01. The summed E-state index contributed by atoms with van der Waals surface area (Å²) in [7, 11) is 0. The Balaban J connectivity index is 1.88. The van der Waals surface area contributed by atoms with E-state index in [1.165, 1.54) is 44.4 Å². The monoisotopic (exact) mass is 254 g/mol. The van der Waals surface area contributed by atoms with Gasteiger partial charge >= 0.3 is 0 Å². The second-order valence-corrected chi connectivity index (χ2v) is 5.49. The van der Waals surface area contributed by atoms with Crippen molar-refractivity contribution < 1.29 is 4.39 Å². The van der Waals surface area contributed by atoms with Gasteiger partial charge in [0, 0.05) is 18.8 Å². The topological polar surface area (TPSA) is 16.1 Å². The molecular weight excluding hydrogens is 239 g/mol. The molecule has 2 aliphatic rings. The highest BCUT2D eigenvalue weighted by atomic mass is 35.5. The van der Waals surface area contributed by atoms with Crippen LogP contribution in [0.5, 0.6) is 0 Å². The summed E-state index contributed by atoms with van der Waals surface area (Å²) in [5.74, 6) is 0.938. The fourth-order valence-corrected chi connectivity index (χ4v) is 3.43. The minimum absolute atomic E-state index is 0.288. The molecule has 2 nitrogen and oxygen atoms in total. The molecule has 0 aromatic carbocycles. The predicted octanol–water partition coefficient (Wildman–Crippen LogP) is 3.64. The molecule has 17 heavy (non-hydrogen) atoms. The zero-order valence-corrected chi connectivity index (χ0v) is 10.5. The van der Waals surface area contributed by atoms with E-state index in [-0.39, 0.29) is 5.82 Å². The van der Waals surface area contributed by atoms with Crippen LogP contribution in [0.4, 0.5) is 10.2 Å². The lowest BCUT2D eigenvalue weighted by atomic mass is 9.85. The summed E-state index contributed by atoms with van der Waals surface area (Å²) in [6.07, 6.45) is 7.76. The molecule has 0 radical (unpaired) electrons. The van der Waals surface area contributed by atoms with Crippen LogP contribution in [0.15, 0.2) is 12.3 Å². The van der Waals surface area contributed by atoms with E-state index in [0.29, 0.717) is 16.9 Å². The summed E-state index contributed by atoms with van der Waals surface area (Å²) >= 11 is 5.74. The van der Waals surface area contributed by atoms with Crippen molar-refractivity contribution >= 4 is 17.4 Å². The van der Waals surface area contributed by atoms with Gasteiger partial charge in [-0.25, -0.2) is 9.37 Å². The van der Waals surface area contributed by atoms with Crippen LogP contribution in [-0.4, -0.2) is 17.6 Å². The van der Waals surface area contributed by atoms with Gasteiger partial charge in [-0.05, 0) is 31.2 Å². The first-order valence-electron chi connectivity index (χ1n) is 6.33. The molecule has 2 atom stereocenters. The van der Waals surface area contributed by atoms with Gasteiger partial charge < -0.3 is 4.90 Å². The number of hydrogen-bond acceptors (Lipinski definition) is 2. The van der Waals surface area contributed by atoms with Crippen LogP contribution in [0, 0.1) is 11.7 Å². The summed E-state index contributed by atoms with van der Waals surface area (Å²) < 4.78 is 13.9. The first kappa shape index (κ1) is 11.3. The second kappa shape index (κ2) is 4.45. The number of anilines is 1. The highest BCUT2D eigenvalue weighted by Crippen LogP contribution is 2.39. The number of nitrogens with zero attached hydrogens (tertiary/aromatic N) is 2. The van der Waals surface area contributed by atoms with Crippen molar-refractivity contribution in [3.05, 3.63) is 23.1 Å². The van der Waals surface area contributed by atoms with Gasteiger partial charge in [-0.15, -0.1) is 0 Å². The van der Waals surface area contributed by atoms with Gasteiger partial charge in [-0.3, -0.25) is 0 Å². The molecule has 0 bridgehead atoms. The maximum absolute atomic E-state index is 13.9. The molecule has 3 rings (SSSR count). The van der Waals surface area contributed by atoms with E-state index in [1.807, 2.05) is 0 Å². The molecule has 1 saturated heterocycles. The molecule has 2 heterocycles. The Bertz CT molecular complexity index is 424. The van der Waals surface area contributed by atoms with E-state index in [1.54, 1.807) is 0 Å². The van der Waals surface area contributed by atoms with Crippen LogP contribution >= 0.6 is 11.6 Å². The molecule has 1 aliphatic heterocycles. The van der Waals surface area contributed by atoms with Gasteiger partial charge in [-0.2, -0.15) is 0 Å². The highest BCUT2D eigenvalue weighted by molar-refractivity contribution is 6.30. The molecule has 1 aromatic rings. The van der Waals surface area contributed by atoms with Gasteiger partial charge in [0.25, 0.3) is 0 Å². The van der Waals surface area contributed by atoms with Crippen molar-refractivity contribution in [3.63, 3.8) is 0 Å². The maximum Gasteiger partial charge on any atom is 0.167 e. The number of pyridine rings is 1. The number of rotatable bonds is 1. The third-order valence-electron chi connectivity index (χ3n) is 4.07. The molecule has 1 saturated carbocycles. The van der Waals surface area contributed by atoms with Gasteiger partial charge in [0.2, 0.25) is 0 Å². The highest BCUT2D eigenvalue weighted by Gasteiger charge is 2.37. The van der Waals surface area contributed by atoms with Gasteiger partial charge in [-0.1, -0.05) is 24.4 Å². The summed E-state index contributed by atoms with van der Waals surface area (Å²) in [5.41, 5.74) is 0. The Hall–Kier alpha value is -0.830. The van der Waals surface area contributed by atoms with Gasteiger partial charge in [0.1, 0.15) is 0 Å². The lowest BCUT2D eigenvalue weighted by Gasteiger charge is -2.32. The predicted molar refractivity (Wildman–Crippen MR) is 66.9 cm³/mol. The molecule has 0 amide bonds. The Labute approximate surface area is 106 Å². The van der Waals surface area contributed by atoms with Crippen molar-refractivity contribution in [2.24, 2.45) is 5.92 Å². The van der Waals surface area contributed by atoms with Crippen molar-refractivity contribution in [2.45, 2.75) is 38.1 Å². The van der Waals surface area contributed by atoms with Gasteiger partial charge in [0.05, 0.1) is 5.02 Å². The first-order valence-corrected chi connectivity index (χ1v) is 6.71. The normalized spacial score (nSPS) is 28.2. The smallest absolute Gasteiger partial charge is 0.167 e. The van der Waals surface area contributed by atoms with Crippen LogP contribution < -0.4 is 4.90 Å². The number of aromatic nitrogens is 1. The zero-order chi connectivity index (χ0) is 11.8. The average molecular weight is 255 g/mol. The van der Waals surface area contributed by atoms with Gasteiger partial charge in [0.15, 0.2) is 11.6 Å². The first-order chi connectivity index (χ1) is 8.25. The standard InChI is InChI=1S/C13H16ClFN2/c14-10-7-11(15)13(16-8-10)17-6-5-9-3-1-2-4-12(9)17/h7-9,12H,1-6H2. The van der Waals surface area contributed by atoms with Crippen LogP contribution in [0.3, 0.4) is 0 Å². The summed E-state index contributed by atoms with van der Waals surface area (Å²) in [6.45, 7) is 0.931.